The Bertz CT molecular complexity index is 968. The second kappa shape index (κ2) is 7.77. The van der Waals surface area contributed by atoms with Gasteiger partial charge in [0.1, 0.15) is 5.82 Å². The molecule has 0 unspecified atom stereocenters. The van der Waals surface area contributed by atoms with Crippen molar-refractivity contribution in [3.05, 3.63) is 53.1 Å². The van der Waals surface area contributed by atoms with E-state index in [1.807, 2.05) is 0 Å². The Morgan fingerprint density at radius 3 is 2.65 bits per heavy atom. The highest BCUT2D eigenvalue weighted by Crippen LogP contribution is 2.19. The largest absolute Gasteiger partial charge is 0.449 e. The molecule has 138 valence electrons. The Labute approximate surface area is 153 Å². The fourth-order valence-electron chi connectivity index (χ4n) is 1.83. The lowest BCUT2D eigenvalue weighted by molar-refractivity contribution is -0.123. The summed E-state index contributed by atoms with van der Waals surface area (Å²) in [5, 5.41) is 7.37. The molecule has 1 aromatic heterocycles. The average Bonchev–Trinajstić information content (AvgIpc) is 2.56. The fraction of sp³-hybridized carbons (Fsp3) is 0.133. The molecule has 0 bridgehead atoms. The average molecular weight is 402 g/mol. The molecule has 8 nitrogen and oxygen atoms in total. The van der Waals surface area contributed by atoms with Gasteiger partial charge >= 0.3 is 5.97 Å². The van der Waals surface area contributed by atoms with E-state index in [4.69, 9.17) is 21.5 Å². The van der Waals surface area contributed by atoms with E-state index in [0.29, 0.717) is 0 Å². The maximum atomic E-state index is 13.8. The first kappa shape index (κ1) is 19.8. The molecule has 0 aliphatic carbocycles. The van der Waals surface area contributed by atoms with Gasteiger partial charge in [0.2, 0.25) is 10.0 Å². The van der Waals surface area contributed by atoms with Crippen LogP contribution in [0, 0.1) is 5.82 Å². The van der Waals surface area contributed by atoms with Crippen molar-refractivity contribution in [3.8, 4) is 0 Å². The Balaban J connectivity index is 2.14. The number of ether oxygens (including phenoxy) is 1. The highest BCUT2D eigenvalue weighted by atomic mass is 35.5. The molecular formula is C15H13ClFN3O5S. The van der Waals surface area contributed by atoms with E-state index < -0.39 is 44.3 Å². The molecule has 11 heteroatoms. The van der Waals surface area contributed by atoms with Crippen molar-refractivity contribution >= 4 is 39.2 Å². The number of carbonyl (C=O) groups is 2. The number of sulfonamides is 1. The standard InChI is InChI=1S/C15H13ClFN3O5S/c1-8(14(21)20-12-3-2-6-19-13(12)16)25-15(22)10-7-9(26(18,23)24)4-5-11(10)17/h2-8H,1H3,(H,20,21)(H2,18,23,24)/t8-/m1/s1. The second-order valence-electron chi connectivity index (χ2n) is 5.07. The molecule has 3 N–H and O–H groups in total. The van der Waals surface area contributed by atoms with Gasteiger partial charge in [-0.05, 0) is 37.3 Å². The predicted molar refractivity (Wildman–Crippen MR) is 90.5 cm³/mol. The highest BCUT2D eigenvalue weighted by Gasteiger charge is 2.23. The number of primary sulfonamides is 1. The number of hydrogen-bond donors (Lipinski definition) is 2. The van der Waals surface area contributed by atoms with Crippen LogP contribution in [0.2, 0.25) is 5.15 Å². The smallest absolute Gasteiger partial charge is 0.341 e. The van der Waals surface area contributed by atoms with E-state index in [1.165, 1.54) is 25.3 Å². The number of rotatable bonds is 5. The highest BCUT2D eigenvalue weighted by molar-refractivity contribution is 7.89. The molecule has 2 aromatic rings. The quantitative estimate of drug-likeness (QED) is 0.579. The summed E-state index contributed by atoms with van der Waals surface area (Å²) in [6.07, 6.45) is 0.0965. The lowest BCUT2D eigenvalue weighted by Gasteiger charge is -2.14. The number of nitrogens with one attached hydrogen (secondary N) is 1. The molecule has 1 amide bonds. The van der Waals surface area contributed by atoms with Crippen LogP contribution in [0.15, 0.2) is 41.4 Å². The molecule has 0 fully saturated rings. The van der Waals surface area contributed by atoms with Gasteiger partial charge in [-0.2, -0.15) is 0 Å². The van der Waals surface area contributed by atoms with E-state index in [0.717, 1.165) is 18.2 Å². The van der Waals surface area contributed by atoms with Crippen LogP contribution in [0.5, 0.6) is 0 Å². The number of esters is 1. The minimum Gasteiger partial charge on any atom is -0.449 e. The van der Waals surface area contributed by atoms with Crippen LogP contribution in [0.4, 0.5) is 10.1 Å². The number of nitrogens with two attached hydrogens (primary N) is 1. The van der Waals surface area contributed by atoms with Crippen molar-refractivity contribution in [1.29, 1.82) is 0 Å². The van der Waals surface area contributed by atoms with Crippen LogP contribution >= 0.6 is 11.6 Å². The number of hydrogen-bond acceptors (Lipinski definition) is 6. The lowest BCUT2D eigenvalue weighted by Crippen LogP contribution is -2.30. The molecule has 26 heavy (non-hydrogen) atoms. The van der Waals surface area contributed by atoms with E-state index in [-0.39, 0.29) is 10.8 Å². The summed E-state index contributed by atoms with van der Waals surface area (Å²) in [5.74, 6) is -2.99. The number of nitrogens with zero attached hydrogens (tertiary/aromatic N) is 1. The van der Waals surface area contributed by atoms with Gasteiger partial charge in [0, 0.05) is 6.20 Å². The van der Waals surface area contributed by atoms with Gasteiger partial charge in [0.15, 0.2) is 11.3 Å². The van der Waals surface area contributed by atoms with Crippen molar-refractivity contribution in [1.82, 2.24) is 4.98 Å². The Hall–Kier alpha value is -2.56. The molecule has 0 radical (unpaired) electrons. The van der Waals surface area contributed by atoms with Gasteiger partial charge in [0.25, 0.3) is 5.91 Å². The van der Waals surface area contributed by atoms with Crippen molar-refractivity contribution in [3.63, 3.8) is 0 Å². The molecule has 1 aromatic carbocycles. The minimum absolute atomic E-state index is 0.0336. The van der Waals surface area contributed by atoms with Crippen molar-refractivity contribution in [2.75, 3.05) is 5.32 Å². The molecule has 0 saturated heterocycles. The monoisotopic (exact) mass is 401 g/mol. The zero-order valence-electron chi connectivity index (χ0n) is 13.3. The summed E-state index contributed by atoms with van der Waals surface area (Å²) in [5.41, 5.74) is -0.472. The Kier molecular flexibility index (Phi) is 5.90. The topological polar surface area (TPSA) is 128 Å². The normalized spacial score (nSPS) is 12.3. The molecule has 1 atom stereocenters. The fourth-order valence-corrected chi connectivity index (χ4v) is 2.54. The number of amides is 1. The number of aromatic nitrogens is 1. The van der Waals surface area contributed by atoms with Crippen LogP contribution in [-0.2, 0) is 19.6 Å². The van der Waals surface area contributed by atoms with Gasteiger partial charge in [-0.3, -0.25) is 4.79 Å². The van der Waals surface area contributed by atoms with Crippen LogP contribution in [-0.4, -0.2) is 31.4 Å². The molecule has 0 aliphatic rings. The SMILES string of the molecule is C[C@@H](OC(=O)c1cc(S(N)(=O)=O)ccc1F)C(=O)Nc1cccnc1Cl. The third-order valence-electron chi connectivity index (χ3n) is 3.16. The summed E-state index contributed by atoms with van der Waals surface area (Å²) in [4.78, 5) is 27.4. The predicted octanol–water partition coefficient (Wildman–Crippen LogP) is 1.71. The van der Waals surface area contributed by atoms with Crippen molar-refractivity contribution < 1.29 is 27.1 Å². The van der Waals surface area contributed by atoms with Crippen LogP contribution in [0.1, 0.15) is 17.3 Å². The van der Waals surface area contributed by atoms with E-state index >= 15 is 0 Å². The van der Waals surface area contributed by atoms with Gasteiger partial charge in [-0.25, -0.2) is 27.7 Å². The first-order valence-corrected chi connectivity index (χ1v) is 8.96. The molecular weight excluding hydrogens is 389 g/mol. The van der Waals surface area contributed by atoms with E-state index in [9.17, 15) is 22.4 Å². The van der Waals surface area contributed by atoms with Crippen molar-refractivity contribution in [2.24, 2.45) is 5.14 Å². The zero-order chi connectivity index (χ0) is 19.5. The van der Waals surface area contributed by atoms with Gasteiger partial charge in [-0.1, -0.05) is 11.6 Å². The number of halogens is 2. The second-order valence-corrected chi connectivity index (χ2v) is 6.98. The maximum Gasteiger partial charge on any atom is 0.341 e. The first-order valence-electron chi connectivity index (χ1n) is 7.04. The zero-order valence-corrected chi connectivity index (χ0v) is 14.8. The van der Waals surface area contributed by atoms with E-state index in [1.54, 1.807) is 0 Å². The van der Waals surface area contributed by atoms with Gasteiger partial charge in [-0.15, -0.1) is 0 Å². The lowest BCUT2D eigenvalue weighted by atomic mass is 10.2. The van der Waals surface area contributed by atoms with Crippen molar-refractivity contribution in [2.45, 2.75) is 17.9 Å². The minimum atomic E-state index is -4.14. The summed E-state index contributed by atoms with van der Waals surface area (Å²) in [6, 6.07) is 5.41. The van der Waals surface area contributed by atoms with Gasteiger partial charge < -0.3 is 10.1 Å². The maximum absolute atomic E-state index is 13.8. The summed E-state index contributed by atoms with van der Waals surface area (Å²) in [6.45, 7) is 1.25. The van der Waals surface area contributed by atoms with Crippen LogP contribution < -0.4 is 10.5 Å². The summed E-state index contributed by atoms with van der Waals surface area (Å²) < 4.78 is 41.3. The number of carbonyl (C=O) groups excluding carboxylic acids is 2. The third-order valence-corrected chi connectivity index (χ3v) is 4.37. The van der Waals surface area contributed by atoms with Gasteiger partial charge in [0.05, 0.1) is 16.1 Å². The number of benzene rings is 1. The molecule has 0 saturated carbocycles. The Morgan fingerprint density at radius 2 is 2.04 bits per heavy atom. The van der Waals surface area contributed by atoms with Crippen LogP contribution in [0.25, 0.3) is 0 Å². The number of pyridine rings is 1. The van der Waals surface area contributed by atoms with E-state index in [2.05, 4.69) is 10.3 Å². The summed E-state index contributed by atoms with van der Waals surface area (Å²) in [7, 11) is -4.14. The van der Waals surface area contributed by atoms with Crippen LogP contribution in [0.3, 0.4) is 0 Å². The molecule has 1 heterocycles. The molecule has 2 rings (SSSR count). The number of anilines is 1. The molecule has 0 spiro atoms. The first-order chi connectivity index (χ1) is 12.1. The summed E-state index contributed by atoms with van der Waals surface area (Å²) >= 11 is 5.80. The molecule has 0 aliphatic heterocycles. The Morgan fingerprint density at radius 1 is 1.35 bits per heavy atom. The third kappa shape index (κ3) is 4.75.